The Balaban J connectivity index is 1.80. The second kappa shape index (κ2) is 5.94. The number of hydrogen-bond acceptors (Lipinski definition) is 6. The summed E-state index contributed by atoms with van der Waals surface area (Å²) >= 11 is 0. The molecule has 0 unspecified atom stereocenters. The largest absolute Gasteiger partial charge is 0.516 e. The van der Waals surface area contributed by atoms with Crippen LogP contribution in [0.1, 0.15) is 23.2 Å². The molecule has 1 aromatic carbocycles. The number of fused-ring (bicyclic) bond motifs is 3. The van der Waals surface area contributed by atoms with Gasteiger partial charge in [-0.1, -0.05) is 0 Å². The molecule has 7 heteroatoms. The summed E-state index contributed by atoms with van der Waals surface area (Å²) < 4.78 is 0. The third-order valence-corrected chi connectivity index (χ3v) is 4.57. The van der Waals surface area contributed by atoms with Gasteiger partial charge in [-0.25, -0.2) is 9.97 Å². The molecule has 0 radical (unpaired) electrons. The van der Waals surface area contributed by atoms with Gasteiger partial charge in [-0.2, -0.15) is 0 Å². The van der Waals surface area contributed by atoms with Crippen molar-refractivity contribution >= 4 is 34.4 Å². The van der Waals surface area contributed by atoms with Crippen molar-refractivity contribution < 1.29 is 5.11 Å². The van der Waals surface area contributed by atoms with E-state index in [1.54, 1.807) is 6.07 Å². The van der Waals surface area contributed by atoms with Crippen LogP contribution in [-0.4, -0.2) is 26.3 Å². The number of nitrogen functional groups attached to an aromatic ring is 1. The Kier molecular flexibility index (Phi) is 3.61. The van der Waals surface area contributed by atoms with Gasteiger partial charge in [-0.05, 0) is 48.6 Å². The normalized spacial score (nSPS) is 15.3. The highest BCUT2D eigenvalue weighted by atomic mass is 16.2. The van der Waals surface area contributed by atoms with Crippen LogP contribution in [0.5, 0.6) is 0 Å². The fraction of sp³-hybridized carbons (Fsp3) is 0.167. The van der Waals surface area contributed by atoms with E-state index in [0.29, 0.717) is 23.5 Å². The highest BCUT2D eigenvalue weighted by Crippen LogP contribution is 2.34. The lowest BCUT2D eigenvalue weighted by molar-refractivity contribution is 0.461. The van der Waals surface area contributed by atoms with E-state index in [-0.39, 0.29) is 0 Å². The van der Waals surface area contributed by atoms with Crippen LogP contribution in [-0.2, 0) is 12.8 Å². The highest BCUT2D eigenvalue weighted by molar-refractivity contribution is 5.94. The van der Waals surface area contributed by atoms with E-state index in [1.165, 1.54) is 18.8 Å². The highest BCUT2D eigenvalue weighted by Gasteiger charge is 2.21. The molecule has 3 aromatic rings. The molecule has 0 fully saturated rings. The van der Waals surface area contributed by atoms with E-state index in [4.69, 9.17) is 11.1 Å². The quantitative estimate of drug-likeness (QED) is 0.286. The van der Waals surface area contributed by atoms with E-state index in [9.17, 15) is 5.11 Å². The molecule has 1 aliphatic carbocycles. The minimum Gasteiger partial charge on any atom is -0.516 e. The molecule has 0 saturated carbocycles. The molecule has 0 saturated heterocycles. The number of nitrogens with one attached hydrogen (secondary N) is 3. The van der Waals surface area contributed by atoms with Gasteiger partial charge in [-0.15, -0.1) is 0 Å². The summed E-state index contributed by atoms with van der Waals surface area (Å²) in [7, 11) is 0. The van der Waals surface area contributed by atoms with Gasteiger partial charge in [0.25, 0.3) is 0 Å². The maximum absolute atomic E-state index is 9.36. The van der Waals surface area contributed by atoms with E-state index in [0.717, 1.165) is 46.4 Å². The van der Waals surface area contributed by atoms with Crippen LogP contribution in [0.15, 0.2) is 36.4 Å². The number of aliphatic hydroxyl groups excluding tert-OH is 1. The van der Waals surface area contributed by atoms with Crippen molar-refractivity contribution in [3.8, 4) is 0 Å². The molecular formula is C18H18N6O. The number of aryl methyl sites for hydroxylation is 1. The number of allylic oxidation sites excluding steroid dienone is 1. The maximum atomic E-state index is 9.36. The summed E-state index contributed by atoms with van der Waals surface area (Å²) in [6.07, 6.45) is 6.32. The molecule has 1 aliphatic rings. The van der Waals surface area contributed by atoms with Crippen molar-refractivity contribution in [1.82, 2.24) is 15.0 Å². The van der Waals surface area contributed by atoms with Gasteiger partial charge in [-0.3, -0.25) is 0 Å². The number of nitrogens with two attached hydrogens (primary N) is 1. The molecular weight excluding hydrogens is 316 g/mol. The number of aliphatic hydroxyl groups is 1. The van der Waals surface area contributed by atoms with E-state index < -0.39 is 0 Å². The van der Waals surface area contributed by atoms with Crippen LogP contribution < -0.4 is 11.1 Å². The Bertz CT molecular complexity index is 1000. The molecule has 2 heterocycles. The number of benzene rings is 1. The first-order valence-corrected chi connectivity index (χ1v) is 8.03. The summed E-state index contributed by atoms with van der Waals surface area (Å²) in [6.45, 7) is 0. The summed E-state index contributed by atoms with van der Waals surface area (Å²) in [4.78, 5) is 12.1. The number of H-pyrrole nitrogens is 1. The zero-order valence-electron chi connectivity index (χ0n) is 13.5. The number of rotatable bonds is 3. The monoisotopic (exact) mass is 334 g/mol. The van der Waals surface area contributed by atoms with Crippen LogP contribution in [0.25, 0.3) is 11.0 Å². The average Bonchev–Trinajstić information content (AvgIpc) is 3.01. The van der Waals surface area contributed by atoms with Crippen molar-refractivity contribution in [2.24, 2.45) is 0 Å². The molecule has 0 bridgehead atoms. The summed E-state index contributed by atoms with van der Waals surface area (Å²) in [5.41, 5.74) is 11.9. The summed E-state index contributed by atoms with van der Waals surface area (Å²) in [5.74, 6) is 0.697. The maximum Gasteiger partial charge on any atom is 0.143 e. The predicted octanol–water partition coefficient (Wildman–Crippen LogP) is 3.21. The Hall–Kier alpha value is -3.35. The zero-order valence-corrected chi connectivity index (χ0v) is 13.5. The lowest BCUT2D eigenvalue weighted by Crippen LogP contribution is -2.05. The Morgan fingerprint density at radius 1 is 1.28 bits per heavy atom. The first-order chi connectivity index (χ1) is 12.2. The smallest absolute Gasteiger partial charge is 0.143 e. The number of aromatic nitrogens is 3. The second-order valence-corrected chi connectivity index (χ2v) is 6.11. The van der Waals surface area contributed by atoms with Gasteiger partial charge in [0, 0.05) is 28.8 Å². The average molecular weight is 334 g/mol. The molecule has 0 atom stereocenters. The van der Waals surface area contributed by atoms with Crippen LogP contribution >= 0.6 is 0 Å². The Labute approximate surface area is 144 Å². The van der Waals surface area contributed by atoms with Crippen LogP contribution in [0.2, 0.25) is 0 Å². The summed E-state index contributed by atoms with van der Waals surface area (Å²) in [5, 5.41) is 21.0. The Morgan fingerprint density at radius 3 is 2.96 bits per heavy atom. The molecule has 126 valence electrons. The Morgan fingerprint density at radius 2 is 2.16 bits per heavy atom. The van der Waals surface area contributed by atoms with Gasteiger partial charge in [0.15, 0.2) is 0 Å². The molecule has 0 amide bonds. The van der Waals surface area contributed by atoms with Crippen molar-refractivity contribution in [2.45, 2.75) is 19.3 Å². The SMILES string of the molecule is N=Cc1cc(Nc2ncnc3[nH]c4c(c23)C/C(=C/O)CC4)ccc1N. The van der Waals surface area contributed by atoms with Gasteiger partial charge >= 0.3 is 0 Å². The molecule has 2 aromatic heterocycles. The minimum atomic E-state index is 0.560. The lowest BCUT2D eigenvalue weighted by Gasteiger charge is -2.15. The standard InChI is InChI=1S/C18H18N6O/c19-7-11-6-12(2-3-14(11)20)23-17-16-13-5-10(8-25)1-4-15(13)24-18(16)22-9-21-17/h2-3,6-9,19,25H,1,4-5,20H2,(H2,21,22,23,24)/b10-8+,19-7?. The van der Waals surface area contributed by atoms with Crippen molar-refractivity contribution in [3.05, 3.63) is 53.2 Å². The number of anilines is 3. The van der Waals surface area contributed by atoms with Gasteiger partial charge < -0.3 is 26.6 Å². The zero-order chi connectivity index (χ0) is 17.4. The van der Waals surface area contributed by atoms with Crippen LogP contribution in [0.3, 0.4) is 0 Å². The van der Waals surface area contributed by atoms with E-state index in [1.807, 2.05) is 12.1 Å². The molecule has 7 nitrogen and oxygen atoms in total. The van der Waals surface area contributed by atoms with Crippen molar-refractivity contribution in [1.29, 1.82) is 5.41 Å². The first-order valence-electron chi connectivity index (χ1n) is 8.03. The van der Waals surface area contributed by atoms with Crippen molar-refractivity contribution in [3.63, 3.8) is 0 Å². The lowest BCUT2D eigenvalue weighted by atomic mass is 9.92. The first kappa shape index (κ1) is 15.2. The fourth-order valence-electron chi connectivity index (χ4n) is 3.26. The third-order valence-electron chi connectivity index (χ3n) is 4.57. The van der Waals surface area contributed by atoms with Crippen molar-refractivity contribution in [2.75, 3.05) is 11.1 Å². The van der Waals surface area contributed by atoms with E-state index in [2.05, 4.69) is 20.3 Å². The number of aromatic amines is 1. The van der Waals surface area contributed by atoms with Gasteiger partial charge in [0.05, 0.1) is 11.6 Å². The number of nitrogens with zero attached hydrogens (tertiary/aromatic N) is 2. The molecule has 25 heavy (non-hydrogen) atoms. The fourth-order valence-corrected chi connectivity index (χ4v) is 3.26. The van der Waals surface area contributed by atoms with E-state index >= 15 is 0 Å². The van der Waals surface area contributed by atoms with Crippen LogP contribution in [0, 0.1) is 5.41 Å². The van der Waals surface area contributed by atoms with Gasteiger partial charge in [0.1, 0.15) is 17.8 Å². The van der Waals surface area contributed by atoms with Crippen LogP contribution in [0.4, 0.5) is 17.2 Å². The minimum absolute atomic E-state index is 0.560. The molecule has 0 spiro atoms. The predicted molar refractivity (Wildman–Crippen MR) is 98.6 cm³/mol. The second-order valence-electron chi connectivity index (χ2n) is 6.11. The van der Waals surface area contributed by atoms with Gasteiger partial charge in [0.2, 0.25) is 0 Å². The molecule has 0 aliphatic heterocycles. The molecule has 4 rings (SSSR count). The number of hydrogen-bond donors (Lipinski definition) is 5. The summed E-state index contributed by atoms with van der Waals surface area (Å²) in [6, 6.07) is 5.43. The topological polar surface area (TPSA) is 124 Å². The molecule has 6 N–H and O–H groups in total. The third kappa shape index (κ3) is 2.59.